The van der Waals surface area contributed by atoms with Crippen molar-refractivity contribution in [3.05, 3.63) is 68.6 Å². The molecule has 1 heterocycles. The summed E-state index contributed by atoms with van der Waals surface area (Å²) in [6.45, 7) is -0.204. The highest BCUT2D eigenvalue weighted by atomic mass is 35.5. The molecule has 0 saturated heterocycles. The van der Waals surface area contributed by atoms with Gasteiger partial charge in [0.1, 0.15) is 6.07 Å². The van der Waals surface area contributed by atoms with Crippen LogP contribution in [0, 0.1) is 15.3 Å². The number of carbonyl (C=O) groups excluding carboxylic acids is 2. The van der Waals surface area contributed by atoms with E-state index in [4.69, 9.17) is 21.1 Å². The molecule has 1 atom stereocenters. The molecule has 0 spiro atoms. The number of hydrogen-bond donors (Lipinski definition) is 0. The van der Waals surface area contributed by atoms with Gasteiger partial charge in [0.25, 0.3) is 10.9 Å². The fourth-order valence-corrected chi connectivity index (χ4v) is 2.47. The predicted octanol–water partition coefficient (Wildman–Crippen LogP) is 1.98. The molecule has 1 aromatic heterocycles. The lowest BCUT2D eigenvalue weighted by Crippen LogP contribution is -2.33. The third kappa shape index (κ3) is 6.32. The normalized spacial score (nSPS) is 11.4. The monoisotopic (exact) mass is 424 g/mol. The number of hydrogen-bond acceptors (Lipinski definition) is 8. The minimum atomic E-state index is -1.34. The van der Waals surface area contributed by atoms with Crippen molar-refractivity contribution in [2.75, 3.05) is 13.7 Å². The second-order valence-corrected chi connectivity index (χ2v) is 6.12. The van der Waals surface area contributed by atoms with E-state index in [2.05, 4.69) is 4.74 Å². The lowest BCUT2D eigenvalue weighted by Gasteiger charge is -2.16. The number of methoxy groups -OCH3 is 1. The zero-order valence-electron chi connectivity index (χ0n) is 15.3. The maximum Gasteiger partial charge on any atom is 0.347 e. The summed E-state index contributed by atoms with van der Waals surface area (Å²) in [7, 11) is 1.10. The molecule has 0 aliphatic carbocycles. The Labute approximate surface area is 170 Å². The Bertz CT molecular complexity index is 891. The second kappa shape index (κ2) is 10.2. The van der Waals surface area contributed by atoms with Crippen LogP contribution < -0.4 is 9.47 Å². The molecule has 1 unspecified atom stereocenters. The average Bonchev–Trinajstić information content (AvgIpc) is 2.69. The first kappa shape index (κ1) is 21.9. The third-order valence-corrected chi connectivity index (χ3v) is 3.99. The molecule has 1 aromatic carbocycles. The summed E-state index contributed by atoms with van der Waals surface area (Å²) in [6, 6.07) is 9.71. The Morgan fingerprint density at radius 2 is 1.97 bits per heavy atom. The number of halogens is 1. The molecule has 154 valence electrons. The molecule has 2 rings (SSSR count). The average molecular weight is 425 g/mol. The van der Waals surface area contributed by atoms with E-state index in [9.17, 15) is 24.9 Å². The minimum Gasteiger partial charge on any atom is -0.618 e. The van der Waals surface area contributed by atoms with Crippen LogP contribution in [0.25, 0.3) is 0 Å². The summed E-state index contributed by atoms with van der Waals surface area (Å²) in [5.41, 5.74) is 0.159. The topological polar surface area (TPSA) is 132 Å². The Morgan fingerprint density at radius 3 is 2.59 bits per heavy atom. The molecule has 0 aliphatic rings. The zero-order chi connectivity index (χ0) is 21.4. The molecule has 0 N–H and O–H groups in total. The lowest BCUT2D eigenvalue weighted by atomic mass is 10.1. The van der Waals surface area contributed by atoms with Gasteiger partial charge in [-0.1, -0.05) is 30.3 Å². The molecule has 29 heavy (non-hydrogen) atoms. The molecular formula is C18H17ClN2O8. The van der Waals surface area contributed by atoms with Crippen LogP contribution in [-0.2, 0) is 25.5 Å². The zero-order valence-corrected chi connectivity index (χ0v) is 16.0. The van der Waals surface area contributed by atoms with Crippen molar-refractivity contribution in [1.29, 1.82) is 0 Å². The number of benzene rings is 1. The SMILES string of the molecule is COC(=O)C(CCOC(=O)Cc1ccccc1)Oc1c[n+]([O-])c(Cl)cc1[N+](=O)[O-]. The number of aromatic nitrogens is 1. The van der Waals surface area contributed by atoms with E-state index in [1.54, 1.807) is 24.3 Å². The molecule has 0 aliphatic heterocycles. The summed E-state index contributed by atoms with van der Waals surface area (Å²) in [5, 5.41) is 22.3. The number of rotatable bonds is 9. The Hall–Kier alpha value is -3.40. The van der Waals surface area contributed by atoms with Gasteiger partial charge >= 0.3 is 17.6 Å². The van der Waals surface area contributed by atoms with Gasteiger partial charge in [-0.25, -0.2) is 4.79 Å². The first-order chi connectivity index (χ1) is 13.8. The van der Waals surface area contributed by atoms with E-state index < -0.39 is 39.6 Å². The summed E-state index contributed by atoms with van der Waals surface area (Å²) in [4.78, 5) is 34.2. The molecule has 0 radical (unpaired) electrons. The van der Waals surface area contributed by atoms with Crippen molar-refractivity contribution >= 4 is 29.2 Å². The quantitative estimate of drug-likeness (QED) is 0.149. The van der Waals surface area contributed by atoms with Gasteiger partial charge in [-0.05, 0) is 17.2 Å². The Kier molecular flexibility index (Phi) is 7.72. The first-order valence-corrected chi connectivity index (χ1v) is 8.70. The van der Waals surface area contributed by atoms with Crippen LogP contribution in [0.5, 0.6) is 5.75 Å². The number of nitro groups is 1. The van der Waals surface area contributed by atoms with Crippen molar-refractivity contribution in [1.82, 2.24) is 0 Å². The summed E-state index contributed by atoms with van der Waals surface area (Å²) in [5.74, 6) is -1.85. The smallest absolute Gasteiger partial charge is 0.347 e. The minimum absolute atomic E-state index is 0.0451. The molecule has 0 amide bonds. The fraction of sp³-hybridized carbons (Fsp3) is 0.278. The van der Waals surface area contributed by atoms with Crippen molar-refractivity contribution in [2.45, 2.75) is 18.9 Å². The van der Waals surface area contributed by atoms with Crippen LogP contribution in [0.3, 0.4) is 0 Å². The van der Waals surface area contributed by atoms with Gasteiger partial charge in [0.15, 0.2) is 6.10 Å². The summed E-state index contributed by atoms with van der Waals surface area (Å²) >= 11 is 5.58. The predicted molar refractivity (Wildman–Crippen MR) is 99.2 cm³/mol. The molecule has 2 aromatic rings. The van der Waals surface area contributed by atoms with E-state index in [0.717, 1.165) is 24.9 Å². The number of carbonyl (C=O) groups is 2. The molecule has 0 fully saturated rings. The summed E-state index contributed by atoms with van der Waals surface area (Å²) in [6.07, 6.45) is -0.711. The Balaban J connectivity index is 2.03. The maximum absolute atomic E-state index is 11.9. The molecular weight excluding hydrogens is 408 g/mol. The molecule has 0 bridgehead atoms. The maximum atomic E-state index is 11.9. The number of pyridine rings is 1. The first-order valence-electron chi connectivity index (χ1n) is 8.33. The number of nitrogens with zero attached hydrogens (tertiary/aromatic N) is 2. The number of ether oxygens (including phenoxy) is 3. The van der Waals surface area contributed by atoms with Crippen LogP contribution in [0.4, 0.5) is 5.69 Å². The standard InChI is InChI=1S/C18H17ClN2O8/c1-27-18(23)14(7-8-28-17(22)9-12-5-3-2-4-6-12)29-15-11-20(24)16(19)10-13(15)21(25)26/h2-6,10-11,14H,7-9H2,1H3. The third-order valence-electron chi connectivity index (χ3n) is 3.72. The van der Waals surface area contributed by atoms with Crippen LogP contribution in [0.2, 0.25) is 5.15 Å². The van der Waals surface area contributed by atoms with Gasteiger partial charge in [-0.3, -0.25) is 14.9 Å². The van der Waals surface area contributed by atoms with E-state index >= 15 is 0 Å². The van der Waals surface area contributed by atoms with Gasteiger partial charge in [0, 0.05) is 6.42 Å². The lowest BCUT2D eigenvalue weighted by molar-refractivity contribution is -0.604. The highest BCUT2D eigenvalue weighted by Gasteiger charge is 2.29. The second-order valence-electron chi connectivity index (χ2n) is 5.73. The van der Waals surface area contributed by atoms with Gasteiger partial charge in [0.05, 0.1) is 25.1 Å². The summed E-state index contributed by atoms with van der Waals surface area (Å²) < 4.78 is 15.1. The van der Waals surface area contributed by atoms with E-state index in [0.29, 0.717) is 0 Å². The van der Waals surface area contributed by atoms with Gasteiger partial charge in [0.2, 0.25) is 6.20 Å². The molecule has 11 heteroatoms. The molecule has 0 saturated carbocycles. The van der Waals surface area contributed by atoms with Crippen LogP contribution >= 0.6 is 11.6 Å². The molecule has 10 nitrogen and oxygen atoms in total. The van der Waals surface area contributed by atoms with Crippen molar-refractivity contribution in [3.8, 4) is 5.75 Å². The highest BCUT2D eigenvalue weighted by molar-refractivity contribution is 6.28. The van der Waals surface area contributed by atoms with E-state index in [1.807, 2.05) is 6.07 Å². The van der Waals surface area contributed by atoms with E-state index in [1.165, 1.54) is 0 Å². The van der Waals surface area contributed by atoms with Crippen molar-refractivity contribution in [2.24, 2.45) is 0 Å². The fourth-order valence-electron chi connectivity index (χ4n) is 2.32. The largest absolute Gasteiger partial charge is 0.618 e. The Morgan fingerprint density at radius 1 is 1.28 bits per heavy atom. The van der Waals surface area contributed by atoms with Crippen LogP contribution in [0.15, 0.2) is 42.6 Å². The van der Waals surface area contributed by atoms with Crippen LogP contribution in [0.1, 0.15) is 12.0 Å². The highest BCUT2D eigenvalue weighted by Crippen LogP contribution is 2.28. The van der Waals surface area contributed by atoms with E-state index in [-0.39, 0.29) is 24.2 Å². The van der Waals surface area contributed by atoms with Crippen molar-refractivity contribution < 1.29 is 33.5 Å². The van der Waals surface area contributed by atoms with Crippen molar-refractivity contribution in [3.63, 3.8) is 0 Å². The number of esters is 2. The van der Waals surface area contributed by atoms with Crippen LogP contribution in [-0.4, -0.2) is 36.7 Å². The van der Waals surface area contributed by atoms with Gasteiger partial charge in [-0.15, -0.1) is 0 Å². The van der Waals surface area contributed by atoms with Gasteiger partial charge < -0.3 is 19.4 Å². The van der Waals surface area contributed by atoms with Gasteiger partial charge in [-0.2, -0.15) is 4.73 Å².